The van der Waals surface area contributed by atoms with Gasteiger partial charge in [0.15, 0.2) is 0 Å². The number of amides is 2. The second-order valence-corrected chi connectivity index (χ2v) is 5.83. The van der Waals surface area contributed by atoms with Gasteiger partial charge >= 0.3 is 0 Å². The molecular formula is C19H19FN2O3. The molecule has 0 saturated heterocycles. The average Bonchev–Trinajstić information content (AvgIpc) is 2.75. The van der Waals surface area contributed by atoms with E-state index in [1.165, 1.54) is 11.0 Å². The first-order valence-corrected chi connectivity index (χ1v) is 8.11. The number of fused-ring (bicyclic) bond motifs is 1. The van der Waals surface area contributed by atoms with Crippen molar-refractivity contribution in [3.05, 3.63) is 59.4 Å². The normalized spacial score (nSPS) is 13.7. The fourth-order valence-corrected chi connectivity index (χ4v) is 2.71. The number of carbonyl (C=O) groups is 2. The van der Waals surface area contributed by atoms with E-state index in [2.05, 4.69) is 5.32 Å². The molecule has 2 amide bonds. The summed E-state index contributed by atoms with van der Waals surface area (Å²) in [6.45, 7) is 0.645. The Morgan fingerprint density at radius 1 is 1.28 bits per heavy atom. The molecule has 0 atom stereocenters. The maximum absolute atomic E-state index is 13.6. The van der Waals surface area contributed by atoms with Crippen LogP contribution in [0.5, 0.6) is 5.75 Å². The Morgan fingerprint density at radius 2 is 2.08 bits per heavy atom. The summed E-state index contributed by atoms with van der Waals surface area (Å²) < 4.78 is 19.1. The van der Waals surface area contributed by atoms with Crippen molar-refractivity contribution in [1.29, 1.82) is 0 Å². The van der Waals surface area contributed by atoms with Crippen LogP contribution in [-0.2, 0) is 11.2 Å². The Labute approximate surface area is 145 Å². The Kier molecular flexibility index (Phi) is 4.97. The van der Waals surface area contributed by atoms with Gasteiger partial charge in [0.2, 0.25) is 5.91 Å². The number of nitrogens with zero attached hydrogens (tertiary/aromatic N) is 1. The maximum atomic E-state index is 13.6. The molecule has 2 aromatic rings. The highest BCUT2D eigenvalue weighted by Crippen LogP contribution is 2.31. The molecule has 1 aliphatic rings. The quantitative estimate of drug-likeness (QED) is 0.929. The van der Waals surface area contributed by atoms with Gasteiger partial charge in [0, 0.05) is 19.2 Å². The lowest BCUT2D eigenvalue weighted by Gasteiger charge is -2.17. The molecule has 1 heterocycles. The number of ether oxygens (including phenoxy) is 1. The van der Waals surface area contributed by atoms with Gasteiger partial charge < -0.3 is 15.0 Å². The molecule has 0 bridgehead atoms. The van der Waals surface area contributed by atoms with Crippen LogP contribution in [0.2, 0.25) is 0 Å². The van der Waals surface area contributed by atoms with Crippen molar-refractivity contribution in [2.24, 2.45) is 0 Å². The molecule has 0 radical (unpaired) electrons. The number of halogens is 1. The summed E-state index contributed by atoms with van der Waals surface area (Å²) in [6, 6.07) is 11.5. The van der Waals surface area contributed by atoms with E-state index >= 15 is 0 Å². The predicted molar refractivity (Wildman–Crippen MR) is 92.4 cm³/mol. The summed E-state index contributed by atoms with van der Waals surface area (Å²) >= 11 is 0. The first-order valence-electron chi connectivity index (χ1n) is 8.11. The number of hydrogen-bond donors (Lipinski definition) is 1. The Bertz CT molecular complexity index is 807. The molecule has 0 saturated carbocycles. The zero-order chi connectivity index (χ0) is 17.8. The first-order chi connectivity index (χ1) is 12.1. The molecule has 130 valence electrons. The molecule has 0 aromatic heterocycles. The summed E-state index contributed by atoms with van der Waals surface area (Å²) in [5, 5.41) is 2.77. The van der Waals surface area contributed by atoms with Crippen LogP contribution in [0.4, 0.5) is 10.1 Å². The topological polar surface area (TPSA) is 58.6 Å². The van der Waals surface area contributed by atoms with E-state index < -0.39 is 0 Å². The number of anilines is 1. The minimum Gasteiger partial charge on any atom is -0.491 e. The van der Waals surface area contributed by atoms with Crippen molar-refractivity contribution < 1.29 is 18.7 Å². The number of rotatable bonds is 4. The van der Waals surface area contributed by atoms with Crippen LogP contribution in [0.3, 0.4) is 0 Å². The fraction of sp³-hybridized carbons (Fsp3) is 0.263. The van der Waals surface area contributed by atoms with Crippen LogP contribution in [0.15, 0.2) is 42.5 Å². The summed E-state index contributed by atoms with van der Waals surface area (Å²) in [5.74, 6) is -0.0320. The van der Waals surface area contributed by atoms with Gasteiger partial charge in [-0.15, -0.1) is 0 Å². The highest BCUT2D eigenvalue weighted by molar-refractivity contribution is 5.99. The molecule has 0 aliphatic carbocycles. The largest absolute Gasteiger partial charge is 0.491 e. The van der Waals surface area contributed by atoms with E-state index in [0.717, 1.165) is 0 Å². The molecule has 5 nitrogen and oxygen atoms in total. The van der Waals surface area contributed by atoms with E-state index in [1.807, 2.05) is 0 Å². The van der Waals surface area contributed by atoms with E-state index in [-0.39, 0.29) is 17.6 Å². The number of nitrogens with one attached hydrogen (secondary N) is 1. The zero-order valence-corrected chi connectivity index (χ0v) is 13.9. The molecule has 6 heteroatoms. The Balaban J connectivity index is 1.68. The van der Waals surface area contributed by atoms with Gasteiger partial charge in [0.05, 0.1) is 18.7 Å². The van der Waals surface area contributed by atoms with Gasteiger partial charge in [-0.05, 0) is 36.2 Å². The minimum absolute atomic E-state index is 0.0594. The lowest BCUT2D eigenvalue weighted by atomic mass is 10.1. The van der Waals surface area contributed by atoms with Crippen molar-refractivity contribution in [2.45, 2.75) is 12.8 Å². The summed E-state index contributed by atoms with van der Waals surface area (Å²) in [7, 11) is 1.66. The second kappa shape index (κ2) is 7.34. The number of carbonyl (C=O) groups excluding carboxylic acids is 2. The minimum atomic E-state index is -0.279. The Morgan fingerprint density at radius 3 is 2.88 bits per heavy atom. The zero-order valence-electron chi connectivity index (χ0n) is 13.9. The molecule has 0 spiro atoms. The van der Waals surface area contributed by atoms with Gasteiger partial charge in [-0.1, -0.05) is 18.2 Å². The van der Waals surface area contributed by atoms with Crippen LogP contribution in [-0.4, -0.2) is 32.0 Å². The summed E-state index contributed by atoms with van der Waals surface area (Å²) in [4.78, 5) is 25.8. The van der Waals surface area contributed by atoms with Crippen LogP contribution in [0.1, 0.15) is 22.3 Å². The molecule has 2 aromatic carbocycles. The van der Waals surface area contributed by atoms with Gasteiger partial charge in [-0.25, -0.2) is 4.39 Å². The third kappa shape index (κ3) is 3.79. The SMILES string of the molecule is CN1C(=O)CCOc2ccc(C(=O)NCCc3ccccc3F)cc21. The van der Waals surface area contributed by atoms with E-state index in [0.29, 0.717) is 48.6 Å². The van der Waals surface area contributed by atoms with Gasteiger partial charge in [0.1, 0.15) is 11.6 Å². The number of benzene rings is 2. The predicted octanol–water partition coefficient (Wildman–Crippen LogP) is 2.54. The lowest BCUT2D eigenvalue weighted by molar-refractivity contribution is -0.118. The maximum Gasteiger partial charge on any atom is 0.251 e. The van der Waals surface area contributed by atoms with Gasteiger partial charge in [-0.3, -0.25) is 9.59 Å². The van der Waals surface area contributed by atoms with Crippen molar-refractivity contribution in [2.75, 3.05) is 25.1 Å². The molecular weight excluding hydrogens is 323 g/mol. The molecule has 1 N–H and O–H groups in total. The molecule has 0 fully saturated rings. The Hall–Kier alpha value is -2.89. The van der Waals surface area contributed by atoms with Crippen LogP contribution in [0, 0.1) is 5.82 Å². The standard InChI is InChI=1S/C19H19FN2O3/c1-22-16-12-14(6-7-17(16)25-11-9-18(22)23)19(24)21-10-8-13-4-2-3-5-15(13)20/h2-7,12H,8-11H2,1H3,(H,21,24). The van der Waals surface area contributed by atoms with Crippen LogP contribution >= 0.6 is 0 Å². The molecule has 0 unspecified atom stereocenters. The molecule has 25 heavy (non-hydrogen) atoms. The van der Waals surface area contributed by atoms with Crippen LogP contribution in [0.25, 0.3) is 0 Å². The van der Waals surface area contributed by atoms with Crippen molar-refractivity contribution in [3.8, 4) is 5.75 Å². The highest BCUT2D eigenvalue weighted by atomic mass is 19.1. The molecule has 1 aliphatic heterocycles. The third-order valence-corrected chi connectivity index (χ3v) is 4.17. The smallest absolute Gasteiger partial charge is 0.251 e. The van der Waals surface area contributed by atoms with Crippen molar-refractivity contribution >= 4 is 17.5 Å². The highest BCUT2D eigenvalue weighted by Gasteiger charge is 2.21. The third-order valence-electron chi connectivity index (χ3n) is 4.17. The first kappa shape index (κ1) is 17.0. The lowest BCUT2D eigenvalue weighted by Crippen LogP contribution is -2.27. The van der Waals surface area contributed by atoms with E-state index in [9.17, 15) is 14.0 Å². The van der Waals surface area contributed by atoms with Crippen molar-refractivity contribution in [3.63, 3.8) is 0 Å². The van der Waals surface area contributed by atoms with E-state index in [4.69, 9.17) is 4.74 Å². The monoisotopic (exact) mass is 342 g/mol. The summed E-state index contributed by atoms with van der Waals surface area (Å²) in [5.41, 5.74) is 1.56. The fourth-order valence-electron chi connectivity index (χ4n) is 2.71. The number of hydrogen-bond acceptors (Lipinski definition) is 3. The van der Waals surface area contributed by atoms with Gasteiger partial charge in [0.25, 0.3) is 5.91 Å². The second-order valence-electron chi connectivity index (χ2n) is 5.83. The van der Waals surface area contributed by atoms with E-state index in [1.54, 1.807) is 43.4 Å². The average molecular weight is 342 g/mol. The summed E-state index contributed by atoms with van der Waals surface area (Å²) in [6.07, 6.45) is 0.709. The van der Waals surface area contributed by atoms with Crippen LogP contribution < -0.4 is 15.0 Å². The molecule has 3 rings (SSSR count). The van der Waals surface area contributed by atoms with Crippen molar-refractivity contribution in [1.82, 2.24) is 5.32 Å². The van der Waals surface area contributed by atoms with Gasteiger partial charge in [-0.2, -0.15) is 0 Å².